The molecule has 0 aliphatic heterocycles. The van der Waals surface area contributed by atoms with Gasteiger partial charge in [-0.15, -0.1) is 0 Å². The highest BCUT2D eigenvalue weighted by atomic mass is 79.9. The molecule has 0 aliphatic rings. The lowest BCUT2D eigenvalue weighted by Gasteiger charge is -2.11. The molecule has 0 fully saturated rings. The maximum absolute atomic E-state index is 8.63. The summed E-state index contributed by atoms with van der Waals surface area (Å²) in [6.45, 7) is 0. The molecule has 74 valence electrons. The van der Waals surface area contributed by atoms with Crippen molar-refractivity contribution in [1.82, 2.24) is 0 Å². The summed E-state index contributed by atoms with van der Waals surface area (Å²) in [7, 11) is 3.13. The summed E-state index contributed by atoms with van der Waals surface area (Å²) in [5.41, 5.74) is 0.821. The zero-order valence-electron chi connectivity index (χ0n) is 8.00. The average Bonchev–Trinajstić information content (AvgIpc) is 2.17. The molecule has 0 N–H and O–H groups in total. The molecule has 4 heteroatoms. The van der Waals surface area contributed by atoms with Crippen LogP contribution >= 0.6 is 15.9 Å². The molecule has 0 radical (unpaired) electrons. The minimum Gasteiger partial charge on any atom is -0.493 e. The average molecular weight is 256 g/mol. The van der Waals surface area contributed by atoms with Crippen molar-refractivity contribution in [3.63, 3.8) is 0 Å². The lowest BCUT2D eigenvalue weighted by atomic mass is 10.1. The van der Waals surface area contributed by atoms with Crippen LogP contribution in [0, 0.1) is 11.3 Å². The molecule has 0 spiro atoms. The standard InChI is InChI=1S/C10H10BrNO2/c1-13-9-6-8(11)5-7(3-4-12)10(9)14-2/h5-6H,3H2,1-2H3. The second-order valence-corrected chi connectivity index (χ2v) is 3.55. The summed E-state index contributed by atoms with van der Waals surface area (Å²) in [4.78, 5) is 0. The Labute approximate surface area is 91.4 Å². The lowest BCUT2D eigenvalue weighted by molar-refractivity contribution is 0.352. The predicted octanol–water partition coefficient (Wildman–Crippen LogP) is 2.53. The fraction of sp³-hybridized carbons (Fsp3) is 0.300. The normalized spacial score (nSPS) is 9.29. The summed E-state index contributed by atoms with van der Waals surface area (Å²) < 4.78 is 11.2. The number of halogens is 1. The summed E-state index contributed by atoms with van der Waals surface area (Å²) in [5, 5.41) is 8.63. The first-order valence-electron chi connectivity index (χ1n) is 4.00. The Morgan fingerprint density at radius 2 is 2.07 bits per heavy atom. The highest BCUT2D eigenvalue weighted by Crippen LogP contribution is 2.34. The predicted molar refractivity (Wildman–Crippen MR) is 56.6 cm³/mol. The molecule has 0 saturated carbocycles. The number of hydrogen-bond acceptors (Lipinski definition) is 3. The van der Waals surface area contributed by atoms with Gasteiger partial charge in [0, 0.05) is 10.0 Å². The number of nitrogens with zero attached hydrogens (tertiary/aromatic N) is 1. The second kappa shape index (κ2) is 4.87. The highest BCUT2D eigenvalue weighted by Gasteiger charge is 2.10. The van der Waals surface area contributed by atoms with Gasteiger partial charge in [0.1, 0.15) is 0 Å². The van der Waals surface area contributed by atoms with Gasteiger partial charge in [-0.2, -0.15) is 5.26 Å². The van der Waals surface area contributed by atoms with Crippen molar-refractivity contribution in [1.29, 1.82) is 5.26 Å². The summed E-state index contributed by atoms with van der Waals surface area (Å²) in [6.07, 6.45) is 0.305. The van der Waals surface area contributed by atoms with Crippen molar-refractivity contribution in [2.45, 2.75) is 6.42 Å². The van der Waals surface area contributed by atoms with Crippen LogP contribution in [0.5, 0.6) is 11.5 Å². The van der Waals surface area contributed by atoms with Gasteiger partial charge in [0.05, 0.1) is 26.7 Å². The van der Waals surface area contributed by atoms with E-state index in [1.165, 1.54) is 0 Å². The van der Waals surface area contributed by atoms with Crippen molar-refractivity contribution in [2.75, 3.05) is 14.2 Å². The van der Waals surface area contributed by atoms with Crippen LogP contribution in [-0.2, 0) is 6.42 Å². The molecule has 1 aromatic carbocycles. The zero-order valence-corrected chi connectivity index (χ0v) is 9.59. The molecular formula is C10H10BrNO2. The van der Waals surface area contributed by atoms with Gasteiger partial charge in [-0.1, -0.05) is 15.9 Å². The summed E-state index contributed by atoms with van der Waals surface area (Å²) >= 11 is 3.34. The first-order valence-corrected chi connectivity index (χ1v) is 4.79. The van der Waals surface area contributed by atoms with E-state index in [-0.39, 0.29) is 0 Å². The maximum Gasteiger partial charge on any atom is 0.165 e. The minimum absolute atomic E-state index is 0.305. The van der Waals surface area contributed by atoms with Crippen molar-refractivity contribution in [3.05, 3.63) is 22.2 Å². The first-order chi connectivity index (χ1) is 6.72. The van der Waals surface area contributed by atoms with Gasteiger partial charge in [-0.3, -0.25) is 0 Å². The van der Waals surface area contributed by atoms with Crippen LogP contribution in [0.4, 0.5) is 0 Å². The molecule has 0 amide bonds. The van der Waals surface area contributed by atoms with E-state index >= 15 is 0 Å². The Balaban J connectivity index is 3.25. The summed E-state index contributed by atoms with van der Waals surface area (Å²) in [5.74, 6) is 1.25. The summed E-state index contributed by atoms with van der Waals surface area (Å²) in [6, 6.07) is 5.74. The molecular weight excluding hydrogens is 246 g/mol. The minimum atomic E-state index is 0.305. The number of hydrogen-bond donors (Lipinski definition) is 0. The molecule has 0 aliphatic carbocycles. The zero-order chi connectivity index (χ0) is 10.6. The van der Waals surface area contributed by atoms with Crippen molar-refractivity contribution < 1.29 is 9.47 Å². The fourth-order valence-corrected chi connectivity index (χ4v) is 1.71. The van der Waals surface area contributed by atoms with E-state index in [9.17, 15) is 0 Å². The van der Waals surface area contributed by atoms with E-state index in [1.54, 1.807) is 20.3 Å². The number of rotatable bonds is 3. The molecule has 1 rings (SSSR count). The van der Waals surface area contributed by atoms with E-state index in [0.29, 0.717) is 17.9 Å². The molecule has 14 heavy (non-hydrogen) atoms. The monoisotopic (exact) mass is 255 g/mol. The molecule has 0 atom stereocenters. The van der Waals surface area contributed by atoms with Crippen LogP contribution < -0.4 is 9.47 Å². The molecule has 1 aromatic rings. The van der Waals surface area contributed by atoms with Crippen LogP contribution in [-0.4, -0.2) is 14.2 Å². The van der Waals surface area contributed by atoms with Crippen LogP contribution in [0.1, 0.15) is 5.56 Å². The number of nitriles is 1. The molecule has 0 aromatic heterocycles. The van der Waals surface area contributed by atoms with Gasteiger partial charge in [-0.25, -0.2) is 0 Å². The highest BCUT2D eigenvalue weighted by molar-refractivity contribution is 9.10. The van der Waals surface area contributed by atoms with Crippen molar-refractivity contribution in [3.8, 4) is 17.6 Å². The SMILES string of the molecule is COc1cc(Br)cc(CC#N)c1OC. The molecule has 0 bridgehead atoms. The maximum atomic E-state index is 8.63. The largest absolute Gasteiger partial charge is 0.493 e. The third-order valence-electron chi connectivity index (χ3n) is 1.79. The lowest BCUT2D eigenvalue weighted by Crippen LogP contribution is -1.95. The molecule has 0 unspecified atom stereocenters. The van der Waals surface area contributed by atoms with Gasteiger partial charge in [0.15, 0.2) is 11.5 Å². The third kappa shape index (κ3) is 2.18. The van der Waals surface area contributed by atoms with Gasteiger partial charge < -0.3 is 9.47 Å². The van der Waals surface area contributed by atoms with Gasteiger partial charge >= 0.3 is 0 Å². The van der Waals surface area contributed by atoms with Gasteiger partial charge in [-0.05, 0) is 12.1 Å². The van der Waals surface area contributed by atoms with Crippen molar-refractivity contribution >= 4 is 15.9 Å². The number of benzene rings is 1. The topological polar surface area (TPSA) is 42.2 Å². The smallest absolute Gasteiger partial charge is 0.165 e. The molecule has 0 saturated heterocycles. The number of methoxy groups -OCH3 is 2. The van der Waals surface area contributed by atoms with Crippen LogP contribution in [0.25, 0.3) is 0 Å². The van der Waals surface area contributed by atoms with E-state index in [2.05, 4.69) is 22.0 Å². The molecule has 0 heterocycles. The molecule has 3 nitrogen and oxygen atoms in total. The van der Waals surface area contributed by atoms with Crippen LogP contribution in [0.15, 0.2) is 16.6 Å². The Morgan fingerprint density at radius 3 is 2.57 bits per heavy atom. The number of ether oxygens (including phenoxy) is 2. The Morgan fingerprint density at radius 1 is 1.36 bits per heavy atom. The third-order valence-corrected chi connectivity index (χ3v) is 2.25. The van der Waals surface area contributed by atoms with Crippen LogP contribution in [0.2, 0.25) is 0 Å². The van der Waals surface area contributed by atoms with Gasteiger partial charge in [0.2, 0.25) is 0 Å². The first kappa shape index (κ1) is 10.9. The van der Waals surface area contributed by atoms with Crippen molar-refractivity contribution in [2.24, 2.45) is 0 Å². The second-order valence-electron chi connectivity index (χ2n) is 2.64. The fourth-order valence-electron chi connectivity index (χ4n) is 1.22. The quantitative estimate of drug-likeness (QED) is 0.834. The van der Waals surface area contributed by atoms with Gasteiger partial charge in [0.25, 0.3) is 0 Å². The van der Waals surface area contributed by atoms with Crippen LogP contribution in [0.3, 0.4) is 0 Å². The van der Waals surface area contributed by atoms with E-state index < -0.39 is 0 Å². The van der Waals surface area contributed by atoms with E-state index in [1.807, 2.05) is 6.07 Å². The Hall–Kier alpha value is -1.21. The van der Waals surface area contributed by atoms with E-state index in [0.717, 1.165) is 10.0 Å². The Bertz CT molecular complexity index is 371. The Kier molecular flexibility index (Phi) is 3.78. The van der Waals surface area contributed by atoms with E-state index in [4.69, 9.17) is 14.7 Å².